The number of methoxy groups -OCH3 is 1. The van der Waals surface area contributed by atoms with Crippen molar-refractivity contribution in [3.63, 3.8) is 0 Å². The van der Waals surface area contributed by atoms with Crippen molar-refractivity contribution in [2.75, 3.05) is 7.11 Å². The molecule has 0 N–H and O–H groups in total. The normalized spacial score (nSPS) is 35.8. The van der Waals surface area contributed by atoms with Crippen LogP contribution in [0.1, 0.15) is 32.6 Å². The number of ether oxygens (including phenoxy) is 2. The molecule has 4 heteroatoms. The van der Waals surface area contributed by atoms with E-state index in [4.69, 9.17) is 4.74 Å². The van der Waals surface area contributed by atoms with Crippen LogP contribution in [0.3, 0.4) is 0 Å². The van der Waals surface area contributed by atoms with E-state index < -0.39 is 11.6 Å². The molecule has 0 aromatic carbocycles. The number of hydrogen-bond acceptors (Lipinski definition) is 4. The van der Waals surface area contributed by atoms with Crippen molar-refractivity contribution < 1.29 is 19.1 Å². The molecule has 4 nitrogen and oxygen atoms in total. The van der Waals surface area contributed by atoms with Crippen molar-refractivity contribution in [2.45, 2.75) is 38.2 Å². The average molecular weight is 224 g/mol. The second-order valence-corrected chi connectivity index (χ2v) is 4.62. The highest BCUT2D eigenvalue weighted by Crippen LogP contribution is 2.46. The molecule has 0 radical (unpaired) electrons. The van der Waals surface area contributed by atoms with Gasteiger partial charge in [0.05, 0.1) is 12.7 Å². The van der Waals surface area contributed by atoms with E-state index in [2.05, 4.69) is 4.74 Å². The zero-order valence-corrected chi connectivity index (χ0v) is 9.62. The van der Waals surface area contributed by atoms with E-state index in [9.17, 15) is 9.59 Å². The molecule has 2 aliphatic rings. The summed E-state index contributed by atoms with van der Waals surface area (Å²) in [6, 6.07) is 0. The fraction of sp³-hybridized carbons (Fsp3) is 0.667. The minimum atomic E-state index is -0.484. The van der Waals surface area contributed by atoms with Crippen LogP contribution in [0.4, 0.5) is 0 Å². The van der Waals surface area contributed by atoms with Gasteiger partial charge in [0.2, 0.25) is 0 Å². The largest absolute Gasteiger partial charge is 0.466 e. The summed E-state index contributed by atoms with van der Waals surface area (Å²) in [5.41, 5.74) is 0.0731. The molecule has 1 aliphatic carbocycles. The maximum absolute atomic E-state index is 11.7. The third-order valence-corrected chi connectivity index (χ3v) is 3.56. The van der Waals surface area contributed by atoms with E-state index in [-0.39, 0.29) is 11.9 Å². The molecule has 2 unspecified atom stereocenters. The van der Waals surface area contributed by atoms with E-state index in [1.165, 1.54) is 13.2 Å². The Kier molecular flexibility index (Phi) is 2.74. The fourth-order valence-electron chi connectivity index (χ4n) is 2.67. The topological polar surface area (TPSA) is 52.6 Å². The molecule has 0 bridgehead atoms. The summed E-state index contributed by atoms with van der Waals surface area (Å²) < 4.78 is 9.95. The molecule has 1 heterocycles. The third kappa shape index (κ3) is 1.72. The summed E-state index contributed by atoms with van der Waals surface area (Å²) in [7, 11) is 1.31. The van der Waals surface area contributed by atoms with Gasteiger partial charge in [0.25, 0.3) is 0 Å². The van der Waals surface area contributed by atoms with Gasteiger partial charge in [0.1, 0.15) is 5.60 Å². The van der Waals surface area contributed by atoms with Gasteiger partial charge in [-0.3, -0.25) is 0 Å². The first kappa shape index (κ1) is 11.2. The lowest BCUT2D eigenvalue weighted by atomic mass is 9.74. The minimum Gasteiger partial charge on any atom is -0.466 e. The van der Waals surface area contributed by atoms with Gasteiger partial charge >= 0.3 is 11.9 Å². The first-order valence-electron chi connectivity index (χ1n) is 5.60. The molecule has 88 valence electrons. The highest BCUT2D eigenvalue weighted by atomic mass is 16.6. The van der Waals surface area contributed by atoms with Gasteiger partial charge in [-0.2, -0.15) is 0 Å². The number of rotatable bonds is 1. The van der Waals surface area contributed by atoms with Crippen LogP contribution >= 0.6 is 0 Å². The van der Waals surface area contributed by atoms with Crippen LogP contribution in [0, 0.1) is 5.92 Å². The first-order chi connectivity index (χ1) is 7.57. The van der Waals surface area contributed by atoms with E-state index in [1.807, 2.05) is 6.92 Å². The van der Waals surface area contributed by atoms with E-state index in [0.717, 1.165) is 25.7 Å². The molecular weight excluding hydrogens is 208 g/mol. The molecule has 0 amide bonds. The summed E-state index contributed by atoms with van der Waals surface area (Å²) in [4.78, 5) is 22.9. The Balaban J connectivity index is 2.29. The molecule has 1 saturated carbocycles. The highest BCUT2D eigenvalue weighted by molar-refractivity contribution is 5.98. The van der Waals surface area contributed by atoms with Crippen LogP contribution in [0.5, 0.6) is 0 Å². The predicted octanol–water partition coefficient (Wildman–Crippen LogP) is 1.59. The lowest BCUT2D eigenvalue weighted by Crippen LogP contribution is -2.35. The van der Waals surface area contributed by atoms with Crippen molar-refractivity contribution in [1.82, 2.24) is 0 Å². The average Bonchev–Trinajstić information content (AvgIpc) is 2.50. The van der Waals surface area contributed by atoms with Gasteiger partial charge in [-0.1, -0.05) is 6.42 Å². The minimum absolute atomic E-state index is 0.0489. The number of esters is 2. The maximum atomic E-state index is 11.7. The molecule has 16 heavy (non-hydrogen) atoms. The number of hydrogen-bond donors (Lipinski definition) is 0. The molecule has 2 atom stereocenters. The second kappa shape index (κ2) is 3.92. The second-order valence-electron chi connectivity index (χ2n) is 4.62. The third-order valence-electron chi connectivity index (χ3n) is 3.56. The molecule has 1 saturated heterocycles. The molecule has 2 rings (SSSR count). The maximum Gasteiger partial charge on any atom is 0.335 e. The lowest BCUT2D eigenvalue weighted by molar-refractivity contribution is -0.148. The van der Waals surface area contributed by atoms with Crippen molar-refractivity contribution in [3.05, 3.63) is 11.6 Å². The summed E-state index contributed by atoms with van der Waals surface area (Å²) in [6.45, 7) is 1.95. The van der Waals surface area contributed by atoms with Crippen LogP contribution < -0.4 is 0 Å². The molecule has 2 fully saturated rings. The fourth-order valence-corrected chi connectivity index (χ4v) is 2.67. The summed E-state index contributed by atoms with van der Waals surface area (Å²) >= 11 is 0. The Bertz CT molecular complexity index is 358. The van der Waals surface area contributed by atoms with E-state index in [0.29, 0.717) is 5.57 Å². The predicted molar refractivity (Wildman–Crippen MR) is 56.6 cm³/mol. The standard InChI is InChI=1S/C12H16O4/c1-12-6-4-3-5-9(12)8(11(14)16-12)7-10(13)15-2/h7,9H,3-6H2,1-2H3. The van der Waals surface area contributed by atoms with Crippen LogP contribution in [0.2, 0.25) is 0 Å². The molecule has 0 aromatic rings. The van der Waals surface area contributed by atoms with Crippen LogP contribution in [-0.2, 0) is 19.1 Å². The van der Waals surface area contributed by atoms with Crippen LogP contribution in [-0.4, -0.2) is 24.6 Å². The van der Waals surface area contributed by atoms with Crippen LogP contribution in [0.25, 0.3) is 0 Å². The lowest BCUT2D eigenvalue weighted by Gasteiger charge is -2.33. The Morgan fingerprint density at radius 3 is 3.00 bits per heavy atom. The van der Waals surface area contributed by atoms with Crippen molar-refractivity contribution in [1.29, 1.82) is 0 Å². The zero-order valence-electron chi connectivity index (χ0n) is 9.62. The Morgan fingerprint density at radius 1 is 1.56 bits per heavy atom. The SMILES string of the molecule is COC(=O)C=C1C(=O)OC2(C)CCCCC12. The van der Waals surface area contributed by atoms with Crippen molar-refractivity contribution >= 4 is 11.9 Å². The van der Waals surface area contributed by atoms with Gasteiger partial charge in [-0.15, -0.1) is 0 Å². The number of carbonyl (C=O) groups is 2. The quantitative estimate of drug-likeness (QED) is 0.501. The van der Waals surface area contributed by atoms with Crippen molar-refractivity contribution in [2.24, 2.45) is 5.92 Å². The molecule has 0 aromatic heterocycles. The Morgan fingerprint density at radius 2 is 2.31 bits per heavy atom. The van der Waals surface area contributed by atoms with Gasteiger partial charge in [0, 0.05) is 12.0 Å². The van der Waals surface area contributed by atoms with E-state index >= 15 is 0 Å². The summed E-state index contributed by atoms with van der Waals surface area (Å²) in [5, 5.41) is 0. The number of fused-ring (bicyclic) bond motifs is 1. The Labute approximate surface area is 94.6 Å². The Hall–Kier alpha value is -1.32. The van der Waals surface area contributed by atoms with Gasteiger partial charge in [0.15, 0.2) is 0 Å². The van der Waals surface area contributed by atoms with Gasteiger partial charge < -0.3 is 9.47 Å². The van der Waals surface area contributed by atoms with Gasteiger partial charge in [-0.05, 0) is 26.2 Å². The number of carbonyl (C=O) groups excluding carboxylic acids is 2. The molecular formula is C12H16O4. The molecule has 1 aliphatic heterocycles. The highest BCUT2D eigenvalue weighted by Gasteiger charge is 2.50. The van der Waals surface area contributed by atoms with Crippen molar-refractivity contribution in [3.8, 4) is 0 Å². The first-order valence-corrected chi connectivity index (χ1v) is 5.60. The summed E-state index contributed by atoms with van der Waals surface area (Å²) in [6.07, 6.45) is 5.22. The van der Waals surface area contributed by atoms with Crippen LogP contribution in [0.15, 0.2) is 11.6 Å². The van der Waals surface area contributed by atoms with E-state index in [1.54, 1.807) is 0 Å². The summed E-state index contributed by atoms with van der Waals surface area (Å²) in [5.74, 6) is -0.797. The molecule has 0 spiro atoms. The monoisotopic (exact) mass is 224 g/mol. The zero-order chi connectivity index (χ0) is 11.8. The smallest absolute Gasteiger partial charge is 0.335 e. The van der Waals surface area contributed by atoms with Gasteiger partial charge in [-0.25, -0.2) is 9.59 Å².